The van der Waals surface area contributed by atoms with Crippen LogP contribution in [0.25, 0.3) is 16.0 Å². The summed E-state index contributed by atoms with van der Waals surface area (Å²) in [4.78, 5) is 6.79. The first kappa shape index (κ1) is 8.59. The SMILES string of the molecule is Cc1c(CN=[N+]=[N-])cn2ccncc12. The molecule has 5 heteroatoms. The minimum Gasteiger partial charge on any atom is -0.320 e. The van der Waals surface area contributed by atoms with Crippen LogP contribution in [0.4, 0.5) is 0 Å². The van der Waals surface area contributed by atoms with Gasteiger partial charge in [-0.15, -0.1) is 0 Å². The molecule has 0 saturated carbocycles. The van der Waals surface area contributed by atoms with Crippen LogP contribution in [0, 0.1) is 6.92 Å². The van der Waals surface area contributed by atoms with Crippen LogP contribution in [-0.4, -0.2) is 9.38 Å². The Labute approximate surface area is 80.6 Å². The van der Waals surface area contributed by atoms with E-state index in [2.05, 4.69) is 15.0 Å². The summed E-state index contributed by atoms with van der Waals surface area (Å²) in [5.41, 5.74) is 11.4. The maximum absolute atomic E-state index is 8.23. The largest absolute Gasteiger partial charge is 0.320 e. The summed E-state index contributed by atoms with van der Waals surface area (Å²) in [5, 5.41) is 3.54. The van der Waals surface area contributed by atoms with Crippen molar-refractivity contribution in [2.75, 3.05) is 0 Å². The second-order valence-corrected chi connectivity index (χ2v) is 3.04. The second kappa shape index (κ2) is 3.40. The highest BCUT2D eigenvalue weighted by Gasteiger charge is 2.04. The maximum Gasteiger partial charge on any atom is 0.0666 e. The van der Waals surface area contributed by atoms with E-state index in [0.29, 0.717) is 6.54 Å². The highest BCUT2D eigenvalue weighted by Crippen LogP contribution is 2.17. The summed E-state index contributed by atoms with van der Waals surface area (Å²) in [6, 6.07) is 0. The van der Waals surface area contributed by atoms with Gasteiger partial charge in [0.25, 0.3) is 0 Å². The van der Waals surface area contributed by atoms with Crippen molar-refractivity contribution < 1.29 is 0 Å². The lowest BCUT2D eigenvalue weighted by Gasteiger charge is -1.92. The average molecular weight is 187 g/mol. The predicted molar refractivity (Wildman–Crippen MR) is 52.8 cm³/mol. The summed E-state index contributed by atoms with van der Waals surface area (Å²) in [6.45, 7) is 2.39. The van der Waals surface area contributed by atoms with Gasteiger partial charge in [0.15, 0.2) is 0 Å². The number of aromatic nitrogens is 2. The zero-order chi connectivity index (χ0) is 9.97. The van der Waals surface area contributed by atoms with Crippen LogP contribution in [0.3, 0.4) is 0 Å². The average Bonchev–Trinajstić information content (AvgIpc) is 2.54. The van der Waals surface area contributed by atoms with Crippen molar-refractivity contribution in [2.24, 2.45) is 5.11 Å². The van der Waals surface area contributed by atoms with E-state index in [1.807, 2.05) is 23.7 Å². The Morgan fingerprint density at radius 2 is 2.50 bits per heavy atom. The molecular weight excluding hydrogens is 178 g/mol. The van der Waals surface area contributed by atoms with Gasteiger partial charge in [-0.25, -0.2) is 0 Å². The third-order valence-electron chi connectivity index (χ3n) is 2.25. The summed E-state index contributed by atoms with van der Waals surface area (Å²) in [7, 11) is 0. The fourth-order valence-corrected chi connectivity index (χ4v) is 1.47. The zero-order valence-corrected chi connectivity index (χ0v) is 7.75. The van der Waals surface area contributed by atoms with Crippen molar-refractivity contribution >= 4 is 5.52 Å². The first-order chi connectivity index (χ1) is 6.83. The number of rotatable bonds is 2. The third kappa shape index (κ3) is 1.30. The molecular formula is C9H9N5. The topological polar surface area (TPSA) is 66.1 Å². The molecule has 2 aromatic heterocycles. The van der Waals surface area contributed by atoms with Crippen molar-refractivity contribution in [2.45, 2.75) is 13.5 Å². The molecule has 0 atom stereocenters. The molecule has 0 aliphatic carbocycles. The summed E-state index contributed by atoms with van der Waals surface area (Å²) >= 11 is 0. The lowest BCUT2D eigenvalue weighted by atomic mass is 10.2. The molecule has 5 nitrogen and oxygen atoms in total. The molecule has 70 valence electrons. The number of hydrogen-bond acceptors (Lipinski definition) is 2. The Kier molecular flexibility index (Phi) is 2.08. The highest BCUT2D eigenvalue weighted by molar-refractivity contribution is 5.56. The van der Waals surface area contributed by atoms with E-state index in [0.717, 1.165) is 16.6 Å². The van der Waals surface area contributed by atoms with Gasteiger partial charge in [0.2, 0.25) is 0 Å². The molecule has 0 bridgehead atoms. The van der Waals surface area contributed by atoms with Crippen LogP contribution < -0.4 is 0 Å². The molecule has 2 heterocycles. The Balaban J connectivity index is 2.56. The smallest absolute Gasteiger partial charge is 0.0666 e. The Morgan fingerprint density at radius 1 is 1.64 bits per heavy atom. The molecule has 0 amide bonds. The van der Waals surface area contributed by atoms with E-state index >= 15 is 0 Å². The molecule has 0 fully saturated rings. The maximum atomic E-state index is 8.23. The highest BCUT2D eigenvalue weighted by atomic mass is 15.1. The predicted octanol–water partition coefficient (Wildman–Crippen LogP) is 2.45. The van der Waals surface area contributed by atoms with Crippen molar-refractivity contribution in [1.29, 1.82) is 0 Å². The van der Waals surface area contributed by atoms with Gasteiger partial charge in [0.1, 0.15) is 0 Å². The standard InChI is InChI=1S/C9H9N5/c1-7-8(4-12-13-10)6-14-3-2-11-5-9(7)14/h2-3,5-6H,4H2,1H3. The van der Waals surface area contributed by atoms with Gasteiger partial charge >= 0.3 is 0 Å². The molecule has 0 radical (unpaired) electrons. The quantitative estimate of drug-likeness (QED) is 0.404. The van der Waals surface area contributed by atoms with Crippen LogP contribution in [0.15, 0.2) is 29.9 Å². The molecule has 0 unspecified atom stereocenters. The first-order valence-corrected chi connectivity index (χ1v) is 4.24. The molecule has 14 heavy (non-hydrogen) atoms. The third-order valence-corrected chi connectivity index (χ3v) is 2.25. The number of fused-ring (bicyclic) bond motifs is 1. The van der Waals surface area contributed by atoms with Crippen LogP contribution in [0.5, 0.6) is 0 Å². The lowest BCUT2D eigenvalue weighted by molar-refractivity contribution is 1.03. The summed E-state index contributed by atoms with van der Waals surface area (Å²) < 4.78 is 1.98. The number of hydrogen-bond donors (Lipinski definition) is 0. The Morgan fingerprint density at radius 3 is 3.21 bits per heavy atom. The minimum atomic E-state index is 0.393. The van der Waals surface area contributed by atoms with Crippen LogP contribution in [0.2, 0.25) is 0 Å². The van der Waals surface area contributed by atoms with Gasteiger partial charge in [-0.2, -0.15) is 0 Å². The molecule has 0 aromatic carbocycles. The fraction of sp³-hybridized carbons (Fsp3) is 0.222. The van der Waals surface area contributed by atoms with E-state index in [1.54, 1.807) is 12.4 Å². The van der Waals surface area contributed by atoms with Crippen molar-refractivity contribution in [3.8, 4) is 0 Å². The number of aryl methyl sites for hydroxylation is 1. The summed E-state index contributed by atoms with van der Waals surface area (Å²) in [6.07, 6.45) is 7.36. The molecule has 0 aliphatic heterocycles. The van der Waals surface area contributed by atoms with Crippen molar-refractivity contribution in [3.63, 3.8) is 0 Å². The first-order valence-electron chi connectivity index (χ1n) is 4.24. The van der Waals surface area contributed by atoms with E-state index in [4.69, 9.17) is 5.53 Å². The minimum absolute atomic E-state index is 0.393. The fourth-order valence-electron chi connectivity index (χ4n) is 1.47. The molecule has 0 saturated heterocycles. The molecule has 0 N–H and O–H groups in total. The van der Waals surface area contributed by atoms with E-state index in [-0.39, 0.29) is 0 Å². The van der Waals surface area contributed by atoms with E-state index in [9.17, 15) is 0 Å². The molecule has 0 aliphatic rings. The Hall–Kier alpha value is -2.00. The number of nitrogens with zero attached hydrogens (tertiary/aromatic N) is 5. The zero-order valence-electron chi connectivity index (χ0n) is 7.75. The Bertz CT molecular complexity index is 507. The second-order valence-electron chi connectivity index (χ2n) is 3.04. The van der Waals surface area contributed by atoms with E-state index < -0.39 is 0 Å². The lowest BCUT2D eigenvalue weighted by Crippen LogP contribution is -1.81. The van der Waals surface area contributed by atoms with Gasteiger partial charge < -0.3 is 4.40 Å². The monoisotopic (exact) mass is 187 g/mol. The van der Waals surface area contributed by atoms with Gasteiger partial charge in [-0.05, 0) is 23.6 Å². The number of azide groups is 1. The molecule has 0 spiro atoms. The van der Waals surface area contributed by atoms with Gasteiger partial charge in [0.05, 0.1) is 18.3 Å². The van der Waals surface area contributed by atoms with Gasteiger partial charge in [-0.3, -0.25) is 4.98 Å². The van der Waals surface area contributed by atoms with Crippen LogP contribution in [0.1, 0.15) is 11.1 Å². The van der Waals surface area contributed by atoms with Gasteiger partial charge in [-0.1, -0.05) is 5.11 Å². The van der Waals surface area contributed by atoms with Gasteiger partial charge in [0, 0.05) is 23.5 Å². The molecule has 2 aromatic rings. The summed E-state index contributed by atoms with van der Waals surface area (Å²) in [5.74, 6) is 0. The van der Waals surface area contributed by atoms with E-state index in [1.165, 1.54) is 0 Å². The normalized spacial score (nSPS) is 10.1. The molecule has 2 rings (SSSR count). The van der Waals surface area contributed by atoms with Crippen molar-refractivity contribution in [3.05, 3.63) is 46.4 Å². The van der Waals surface area contributed by atoms with Crippen LogP contribution in [-0.2, 0) is 6.54 Å². The van der Waals surface area contributed by atoms with Crippen molar-refractivity contribution in [1.82, 2.24) is 9.38 Å². The van der Waals surface area contributed by atoms with Crippen LogP contribution >= 0.6 is 0 Å².